The van der Waals surface area contributed by atoms with Crippen molar-refractivity contribution < 1.29 is 0 Å². The third-order valence-corrected chi connectivity index (χ3v) is 7.33. The Labute approximate surface area is 205 Å². The van der Waals surface area contributed by atoms with Crippen molar-refractivity contribution in [3.05, 3.63) is 0 Å². The van der Waals surface area contributed by atoms with E-state index in [1.54, 1.807) is 0 Å². The molecule has 0 heterocycles. The summed E-state index contributed by atoms with van der Waals surface area (Å²) in [4.78, 5) is 2.74. The molecule has 0 fully saturated rings. The SMILES string of the molecule is CCCCCCCCCCCCCCN(CCCCCCCCCCCCCC)C(C)C. The van der Waals surface area contributed by atoms with Crippen LogP contribution in [0.5, 0.6) is 0 Å². The molecule has 0 N–H and O–H groups in total. The highest BCUT2D eigenvalue weighted by Crippen LogP contribution is 2.14. The lowest BCUT2D eigenvalue weighted by Crippen LogP contribution is -2.32. The Kier molecular flexibility index (Phi) is 27.2. The van der Waals surface area contributed by atoms with Crippen LogP contribution in [0.25, 0.3) is 0 Å². The summed E-state index contributed by atoms with van der Waals surface area (Å²) in [6.45, 7) is 12.0. The molecule has 0 spiro atoms. The van der Waals surface area contributed by atoms with Gasteiger partial charge >= 0.3 is 0 Å². The van der Waals surface area contributed by atoms with Gasteiger partial charge in [0.2, 0.25) is 0 Å². The van der Waals surface area contributed by atoms with Crippen LogP contribution in [0.2, 0.25) is 0 Å². The average molecular weight is 452 g/mol. The highest BCUT2D eigenvalue weighted by molar-refractivity contribution is 4.63. The van der Waals surface area contributed by atoms with E-state index >= 15 is 0 Å². The number of nitrogens with zero attached hydrogens (tertiary/aromatic N) is 1. The molecule has 0 rings (SSSR count). The van der Waals surface area contributed by atoms with Crippen LogP contribution in [0.3, 0.4) is 0 Å². The second-order valence-corrected chi connectivity index (χ2v) is 10.9. The van der Waals surface area contributed by atoms with Crippen LogP contribution in [0, 0.1) is 0 Å². The van der Waals surface area contributed by atoms with Crippen molar-refractivity contribution in [2.24, 2.45) is 0 Å². The van der Waals surface area contributed by atoms with E-state index in [2.05, 4.69) is 32.6 Å². The molecule has 1 nitrogen and oxygen atoms in total. The first kappa shape index (κ1) is 32.0. The van der Waals surface area contributed by atoms with Crippen molar-refractivity contribution in [1.29, 1.82) is 0 Å². The molecule has 0 aliphatic heterocycles. The summed E-state index contributed by atoms with van der Waals surface area (Å²) in [6, 6.07) is 0.718. The molecule has 0 aliphatic rings. The maximum atomic E-state index is 2.74. The Morgan fingerprint density at radius 1 is 0.344 bits per heavy atom. The Morgan fingerprint density at radius 3 is 0.781 bits per heavy atom. The zero-order valence-corrected chi connectivity index (χ0v) is 23.4. The monoisotopic (exact) mass is 452 g/mol. The minimum atomic E-state index is 0.718. The molecule has 0 atom stereocenters. The lowest BCUT2D eigenvalue weighted by atomic mass is 10.0. The van der Waals surface area contributed by atoms with Gasteiger partial charge in [-0.3, -0.25) is 0 Å². The zero-order valence-electron chi connectivity index (χ0n) is 23.4. The van der Waals surface area contributed by atoms with Crippen LogP contribution in [0.15, 0.2) is 0 Å². The summed E-state index contributed by atoms with van der Waals surface area (Å²) in [5, 5.41) is 0. The predicted octanol–water partition coefficient (Wildman–Crippen LogP) is 11.1. The lowest BCUT2D eigenvalue weighted by molar-refractivity contribution is 0.211. The molecule has 0 unspecified atom stereocenters. The standard InChI is InChI=1S/C31H65N/c1-5-7-9-11-13-15-17-19-21-23-25-27-29-32(31(3)4)30-28-26-24-22-20-18-16-14-12-10-8-6-2/h31H,5-30H2,1-4H3. The highest BCUT2D eigenvalue weighted by Gasteiger charge is 2.08. The quantitative estimate of drug-likeness (QED) is 0.112. The van der Waals surface area contributed by atoms with Crippen LogP contribution < -0.4 is 0 Å². The fraction of sp³-hybridized carbons (Fsp3) is 1.00. The van der Waals surface area contributed by atoms with Gasteiger partial charge in [-0.1, -0.05) is 155 Å². The van der Waals surface area contributed by atoms with Crippen LogP contribution >= 0.6 is 0 Å². The summed E-state index contributed by atoms with van der Waals surface area (Å²) in [7, 11) is 0. The van der Waals surface area contributed by atoms with Gasteiger partial charge in [0.25, 0.3) is 0 Å². The molecule has 0 saturated heterocycles. The molecular formula is C31H65N. The van der Waals surface area contributed by atoms with E-state index in [4.69, 9.17) is 0 Å². The largest absolute Gasteiger partial charge is 0.301 e. The average Bonchev–Trinajstić information content (AvgIpc) is 2.78. The molecule has 0 aliphatic carbocycles. The van der Waals surface area contributed by atoms with Gasteiger partial charge in [0, 0.05) is 6.04 Å². The van der Waals surface area contributed by atoms with E-state index in [1.807, 2.05) is 0 Å². The van der Waals surface area contributed by atoms with Crippen LogP contribution in [-0.4, -0.2) is 24.0 Å². The Morgan fingerprint density at radius 2 is 0.562 bits per heavy atom. The van der Waals surface area contributed by atoms with E-state index < -0.39 is 0 Å². The topological polar surface area (TPSA) is 3.24 Å². The zero-order chi connectivity index (χ0) is 23.5. The number of unbranched alkanes of at least 4 members (excludes halogenated alkanes) is 22. The van der Waals surface area contributed by atoms with Gasteiger partial charge in [-0.05, 0) is 39.8 Å². The summed E-state index contributed by atoms with van der Waals surface area (Å²) in [5.41, 5.74) is 0. The van der Waals surface area contributed by atoms with Crippen LogP contribution in [0.4, 0.5) is 0 Å². The number of rotatable bonds is 27. The Bertz CT molecular complexity index is 296. The van der Waals surface area contributed by atoms with Gasteiger partial charge in [-0.25, -0.2) is 0 Å². The summed E-state index contributed by atoms with van der Waals surface area (Å²) >= 11 is 0. The van der Waals surface area contributed by atoms with Crippen molar-refractivity contribution in [3.63, 3.8) is 0 Å². The second kappa shape index (κ2) is 27.2. The minimum absolute atomic E-state index is 0.718. The maximum absolute atomic E-state index is 2.74. The summed E-state index contributed by atoms with van der Waals surface area (Å²) in [6.07, 6.45) is 34.8. The van der Waals surface area contributed by atoms with Crippen molar-refractivity contribution in [1.82, 2.24) is 4.90 Å². The minimum Gasteiger partial charge on any atom is -0.301 e. The molecule has 194 valence electrons. The van der Waals surface area contributed by atoms with E-state index in [9.17, 15) is 0 Å². The van der Waals surface area contributed by atoms with E-state index in [0.717, 1.165) is 6.04 Å². The molecule has 0 radical (unpaired) electrons. The van der Waals surface area contributed by atoms with E-state index in [1.165, 1.54) is 167 Å². The van der Waals surface area contributed by atoms with Crippen molar-refractivity contribution in [2.45, 2.75) is 188 Å². The highest BCUT2D eigenvalue weighted by atomic mass is 15.1. The molecule has 1 heteroatoms. The third kappa shape index (κ3) is 24.6. The molecular weight excluding hydrogens is 386 g/mol. The Balaban J connectivity index is 3.41. The summed E-state index contributed by atoms with van der Waals surface area (Å²) < 4.78 is 0. The van der Waals surface area contributed by atoms with Crippen molar-refractivity contribution >= 4 is 0 Å². The number of hydrogen-bond acceptors (Lipinski definition) is 1. The Hall–Kier alpha value is -0.0400. The van der Waals surface area contributed by atoms with Gasteiger partial charge in [0.1, 0.15) is 0 Å². The van der Waals surface area contributed by atoms with Gasteiger partial charge in [-0.15, -0.1) is 0 Å². The second-order valence-electron chi connectivity index (χ2n) is 10.9. The molecule has 0 aromatic rings. The van der Waals surface area contributed by atoms with Crippen molar-refractivity contribution in [3.8, 4) is 0 Å². The molecule has 0 bridgehead atoms. The van der Waals surface area contributed by atoms with Crippen LogP contribution in [0.1, 0.15) is 182 Å². The predicted molar refractivity (Wildman–Crippen MR) is 149 cm³/mol. The molecule has 0 aromatic heterocycles. The van der Waals surface area contributed by atoms with E-state index in [0.29, 0.717) is 0 Å². The molecule has 0 saturated carbocycles. The van der Waals surface area contributed by atoms with Gasteiger partial charge in [-0.2, -0.15) is 0 Å². The van der Waals surface area contributed by atoms with Crippen LogP contribution in [-0.2, 0) is 0 Å². The van der Waals surface area contributed by atoms with E-state index in [-0.39, 0.29) is 0 Å². The van der Waals surface area contributed by atoms with Gasteiger partial charge in [0.05, 0.1) is 0 Å². The third-order valence-electron chi connectivity index (χ3n) is 7.33. The molecule has 0 amide bonds. The molecule has 32 heavy (non-hydrogen) atoms. The fourth-order valence-electron chi connectivity index (χ4n) is 4.94. The summed E-state index contributed by atoms with van der Waals surface area (Å²) in [5.74, 6) is 0. The normalized spacial score (nSPS) is 11.8. The first-order valence-corrected chi connectivity index (χ1v) is 15.5. The van der Waals surface area contributed by atoms with Gasteiger partial charge < -0.3 is 4.90 Å². The van der Waals surface area contributed by atoms with Gasteiger partial charge in [0.15, 0.2) is 0 Å². The maximum Gasteiger partial charge on any atom is 0.00385 e. The smallest absolute Gasteiger partial charge is 0.00385 e. The lowest BCUT2D eigenvalue weighted by Gasteiger charge is -2.26. The first-order valence-electron chi connectivity index (χ1n) is 15.5. The molecule has 0 aromatic carbocycles. The fourth-order valence-corrected chi connectivity index (χ4v) is 4.94. The van der Waals surface area contributed by atoms with Crippen molar-refractivity contribution in [2.75, 3.05) is 13.1 Å². The number of hydrogen-bond donors (Lipinski definition) is 0. The first-order chi connectivity index (χ1) is 15.7.